The van der Waals surface area contributed by atoms with Gasteiger partial charge in [0.1, 0.15) is 12.3 Å². The van der Waals surface area contributed by atoms with E-state index in [1.165, 1.54) is 5.56 Å². The van der Waals surface area contributed by atoms with E-state index in [4.69, 9.17) is 4.74 Å². The number of nitrogens with zero attached hydrogens (tertiary/aromatic N) is 1. The minimum Gasteiger partial charge on any atom is -0.456 e. The highest BCUT2D eigenvalue weighted by Gasteiger charge is 2.14. The van der Waals surface area contributed by atoms with Crippen LogP contribution in [0, 0.1) is 6.92 Å². The molecule has 0 aliphatic rings. The number of benzene rings is 2. The SMILES string of the molecule is C.C.Cc1ccc2cc(COC(=O)c3ccc([N+](C)(C)C)cc3)[nH]c2c1. The Morgan fingerprint density at radius 2 is 1.65 bits per heavy atom. The molecule has 26 heavy (non-hydrogen) atoms. The molecule has 4 nitrogen and oxygen atoms in total. The first kappa shape index (κ1) is 21.5. The van der Waals surface area contributed by atoms with Gasteiger partial charge in [-0.2, -0.15) is 0 Å². The van der Waals surface area contributed by atoms with Crippen LogP contribution in [0.15, 0.2) is 48.5 Å². The van der Waals surface area contributed by atoms with E-state index in [1.807, 2.05) is 30.3 Å². The Labute approximate surface area is 157 Å². The lowest BCUT2D eigenvalue weighted by Gasteiger charge is -2.23. The van der Waals surface area contributed by atoms with Gasteiger partial charge in [0.25, 0.3) is 0 Å². The summed E-state index contributed by atoms with van der Waals surface area (Å²) < 4.78 is 6.14. The Morgan fingerprint density at radius 1 is 1.00 bits per heavy atom. The summed E-state index contributed by atoms with van der Waals surface area (Å²) in [6, 6.07) is 15.8. The average Bonchev–Trinajstić information content (AvgIpc) is 2.94. The maximum atomic E-state index is 12.2. The number of aromatic amines is 1. The molecule has 0 aliphatic carbocycles. The second-order valence-electron chi connectivity index (χ2n) is 7.02. The Kier molecular flexibility index (Phi) is 6.76. The number of carbonyl (C=O) groups is 1. The molecule has 0 saturated heterocycles. The van der Waals surface area contributed by atoms with E-state index in [1.54, 1.807) is 0 Å². The third-order valence-corrected chi connectivity index (χ3v) is 4.07. The predicted molar refractivity (Wildman–Crippen MR) is 112 cm³/mol. The predicted octanol–water partition coefficient (Wildman–Crippen LogP) is 5.30. The standard InChI is InChI=1S/C20H23N2O2.2CH4/c1-14-5-6-16-12-17(21-19(16)11-14)13-24-20(23)15-7-9-18(10-8-15)22(2,3)4;;/h5-12,21H,13H2,1-4H3;2*1H4/q+1;;. The average molecular weight is 356 g/mol. The molecule has 2 aromatic carbocycles. The highest BCUT2D eigenvalue weighted by molar-refractivity contribution is 5.89. The smallest absolute Gasteiger partial charge is 0.338 e. The van der Waals surface area contributed by atoms with Gasteiger partial charge in [-0.05, 0) is 54.3 Å². The number of fused-ring (bicyclic) bond motifs is 1. The van der Waals surface area contributed by atoms with Crippen LogP contribution in [0.2, 0.25) is 0 Å². The summed E-state index contributed by atoms with van der Waals surface area (Å²) in [4.78, 5) is 15.5. The van der Waals surface area contributed by atoms with Crippen molar-refractivity contribution in [3.63, 3.8) is 0 Å². The van der Waals surface area contributed by atoms with Gasteiger partial charge in [-0.25, -0.2) is 4.79 Å². The molecule has 0 radical (unpaired) electrons. The van der Waals surface area contributed by atoms with Gasteiger partial charge in [0.2, 0.25) is 0 Å². The van der Waals surface area contributed by atoms with Crippen LogP contribution < -0.4 is 4.48 Å². The van der Waals surface area contributed by atoms with Gasteiger partial charge >= 0.3 is 5.97 Å². The van der Waals surface area contributed by atoms with E-state index >= 15 is 0 Å². The number of nitrogens with one attached hydrogen (secondary N) is 1. The maximum Gasteiger partial charge on any atom is 0.338 e. The van der Waals surface area contributed by atoms with E-state index in [0.717, 1.165) is 22.3 Å². The highest BCUT2D eigenvalue weighted by Crippen LogP contribution is 2.19. The number of H-pyrrole nitrogens is 1. The number of aromatic nitrogens is 1. The van der Waals surface area contributed by atoms with Crippen molar-refractivity contribution in [3.05, 3.63) is 65.4 Å². The number of hydrogen-bond donors (Lipinski definition) is 1. The van der Waals surface area contributed by atoms with Gasteiger partial charge in [-0.1, -0.05) is 27.0 Å². The fourth-order valence-electron chi connectivity index (χ4n) is 2.65. The van der Waals surface area contributed by atoms with E-state index < -0.39 is 0 Å². The lowest BCUT2D eigenvalue weighted by molar-refractivity contribution is 0.0468. The number of ether oxygens (including phenoxy) is 1. The molecule has 0 saturated carbocycles. The number of carbonyl (C=O) groups excluding carboxylic acids is 1. The van der Waals surface area contributed by atoms with Gasteiger partial charge < -0.3 is 9.72 Å². The molecular formula is C22H31N2O2+. The van der Waals surface area contributed by atoms with Crippen LogP contribution in [0.3, 0.4) is 0 Å². The summed E-state index contributed by atoms with van der Waals surface area (Å²) in [5.41, 5.74) is 4.86. The lowest BCUT2D eigenvalue weighted by Crippen LogP contribution is -2.34. The molecule has 0 bridgehead atoms. The molecule has 0 fully saturated rings. The number of esters is 1. The van der Waals surface area contributed by atoms with E-state index in [-0.39, 0.29) is 27.4 Å². The number of aryl methyl sites for hydroxylation is 1. The van der Waals surface area contributed by atoms with Gasteiger partial charge in [0.05, 0.1) is 32.4 Å². The number of hydrogen-bond acceptors (Lipinski definition) is 2. The summed E-state index contributed by atoms with van der Waals surface area (Å²) in [7, 11) is 6.26. The van der Waals surface area contributed by atoms with Crippen LogP contribution in [-0.2, 0) is 11.3 Å². The zero-order chi connectivity index (χ0) is 17.3. The largest absolute Gasteiger partial charge is 0.456 e. The molecular weight excluding hydrogens is 324 g/mol. The fraction of sp³-hybridized carbons (Fsp3) is 0.318. The van der Waals surface area contributed by atoms with Crippen LogP contribution >= 0.6 is 0 Å². The van der Waals surface area contributed by atoms with Gasteiger partial charge in [-0.3, -0.25) is 4.48 Å². The van der Waals surface area contributed by atoms with Crippen LogP contribution in [0.25, 0.3) is 10.9 Å². The zero-order valence-corrected chi connectivity index (χ0v) is 14.6. The van der Waals surface area contributed by atoms with Crippen molar-refractivity contribution in [2.45, 2.75) is 28.4 Å². The zero-order valence-electron chi connectivity index (χ0n) is 14.6. The van der Waals surface area contributed by atoms with E-state index in [0.29, 0.717) is 10.0 Å². The van der Waals surface area contributed by atoms with E-state index in [9.17, 15) is 4.79 Å². The third kappa shape index (κ3) is 4.73. The van der Waals surface area contributed by atoms with Crippen molar-refractivity contribution in [2.75, 3.05) is 21.1 Å². The second kappa shape index (κ2) is 8.19. The van der Waals surface area contributed by atoms with Crippen LogP contribution in [0.5, 0.6) is 0 Å². The second-order valence-corrected chi connectivity index (χ2v) is 7.02. The molecule has 1 aromatic heterocycles. The molecule has 3 aromatic rings. The molecule has 0 unspecified atom stereocenters. The first-order valence-corrected chi connectivity index (χ1v) is 8.00. The molecule has 0 spiro atoms. The molecule has 1 heterocycles. The minimum atomic E-state index is -0.308. The highest BCUT2D eigenvalue weighted by atomic mass is 16.5. The summed E-state index contributed by atoms with van der Waals surface area (Å²) in [5, 5.41) is 1.12. The van der Waals surface area contributed by atoms with Crippen LogP contribution in [0.4, 0.5) is 5.69 Å². The van der Waals surface area contributed by atoms with Gasteiger partial charge in [0, 0.05) is 5.52 Å². The minimum absolute atomic E-state index is 0. The van der Waals surface area contributed by atoms with E-state index in [2.05, 4.69) is 51.2 Å². The molecule has 4 heteroatoms. The topological polar surface area (TPSA) is 42.1 Å². The van der Waals surface area contributed by atoms with Crippen molar-refractivity contribution in [2.24, 2.45) is 0 Å². The molecule has 1 N–H and O–H groups in total. The van der Waals surface area contributed by atoms with Crippen molar-refractivity contribution in [3.8, 4) is 0 Å². The van der Waals surface area contributed by atoms with Gasteiger partial charge in [0.15, 0.2) is 0 Å². The van der Waals surface area contributed by atoms with Crippen molar-refractivity contribution in [1.29, 1.82) is 0 Å². The third-order valence-electron chi connectivity index (χ3n) is 4.07. The quantitative estimate of drug-likeness (QED) is 0.509. The van der Waals surface area contributed by atoms with Crippen molar-refractivity contribution < 1.29 is 9.53 Å². The Hall–Kier alpha value is -2.59. The number of quaternary nitrogens is 1. The first-order chi connectivity index (χ1) is 11.3. The van der Waals surface area contributed by atoms with Crippen molar-refractivity contribution in [1.82, 2.24) is 9.47 Å². The van der Waals surface area contributed by atoms with Gasteiger partial charge in [-0.15, -0.1) is 0 Å². The van der Waals surface area contributed by atoms with Crippen molar-refractivity contribution >= 4 is 22.6 Å². The van der Waals surface area contributed by atoms with Crippen LogP contribution in [0.1, 0.15) is 36.5 Å². The molecule has 0 amide bonds. The maximum absolute atomic E-state index is 12.2. The molecule has 0 atom stereocenters. The Morgan fingerprint density at radius 3 is 2.27 bits per heavy atom. The Balaban J connectivity index is 0.00000169. The van der Waals surface area contributed by atoms with Crippen LogP contribution in [-0.4, -0.2) is 32.1 Å². The summed E-state index contributed by atoms with van der Waals surface area (Å²) in [6.45, 7) is 2.30. The Bertz CT molecular complexity index is 871. The molecule has 140 valence electrons. The lowest BCUT2D eigenvalue weighted by atomic mass is 10.2. The summed E-state index contributed by atoms with van der Waals surface area (Å²) >= 11 is 0. The monoisotopic (exact) mass is 355 g/mol. The normalized spacial score (nSPS) is 10.8. The molecule has 3 rings (SSSR count). The fourth-order valence-corrected chi connectivity index (χ4v) is 2.65. The number of rotatable bonds is 4. The molecule has 0 aliphatic heterocycles. The summed E-state index contributed by atoms with van der Waals surface area (Å²) in [6.07, 6.45) is 0. The summed E-state index contributed by atoms with van der Waals surface area (Å²) in [5.74, 6) is -0.308. The first-order valence-electron chi connectivity index (χ1n) is 8.00.